The minimum absolute atomic E-state index is 0.0228. The van der Waals surface area contributed by atoms with Gasteiger partial charge in [0.05, 0.1) is 0 Å². The number of hydrogen-bond acceptors (Lipinski definition) is 1. The first kappa shape index (κ1) is 13.9. The van der Waals surface area contributed by atoms with E-state index in [-0.39, 0.29) is 5.41 Å². The third-order valence-corrected chi connectivity index (χ3v) is 5.34. The van der Waals surface area contributed by atoms with Gasteiger partial charge in [0.2, 0.25) is 5.91 Å². The lowest BCUT2D eigenvalue weighted by molar-refractivity contribution is -0.145. The number of rotatable bonds is 2. The van der Waals surface area contributed by atoms with Crippen LogP contribution in [-0.2, 0) is 4.79 Å². The van der Waals surface area contributed by atoms with E-state index in [0.717, 1.165) is 25.9 Å². The Hall–Kier alpha value is -0.530. The number of carbonyl (C=O) groups excluding carboxylic acids is 1. The summed E-state index contributed by atoms with van der Waals surface area (Å²) in [5.41, 5.74) is 0.293. The Balaban J connectivity index is 2.07. The summed E-state index contributed by atoms with van der Waals surface area (Å²) in [6, 6.07) is 0. The number of carbonyl (C=O) groups is 1. The van der Waals surface area contributed by atoms with E-state index in [1.165, 1.54) is 12.8 Å². The zero-order valence-corrected chi connectivity index (χ0v) is 12.8. The summed E-state index contributed by atoms with van der Waals surface area (Å²) in [4.78, 5) is 14.8. The molecule has 2 atom stereocenters. The number of nitrogens with zero attached hydrogens (tertiary/aromatic N) is 1. The molecule has 0 N–H and O–H groups in total. The van der Waals surface area contributed by atoms with Crippen molar-refractivity contribution in [2.24, 2.45) is 22.7 Å². The molecule has 1 aliphatic carbocycles. The Morgan fingerprint density at radius 2 is 1.89 bits per heavy atom. The molecule has 0 spiro atoms. The van der Waals surface area contributed by atoms with Gasteiger partial charge < -0.3 is 4.90 Å². The van der Waals surface area contributed by atoms with Gasteiger partial charge in [0.1, 0.15) is 0 Å². The second-order valence-electron chi connectivity index (χ2n) is 7.77. The average molecular weight is 251 g/mol. The average Bonchev–Trinajstić information content (AvgIpc) is 2.68. The monoisotopic (exact) mass is 251 g/mol. The summed E-state index contributed by atoms with van der Waals surface area (Å²) in [6.07, 6.45) is 4.62. The van der Waals surface area contributed by atoms with E-state index in [0.29, 0.717) is 23.2 Å². The summed E-state index contributed by atoms with van der Waals surface area (Å²) in [5.74, 6) is 1.78. The topological polar surface area (TPSA) is 20.3 Å². The maximum Gasteiger partial charge on any atom is 0.228 e. The molecular weight excluding hydrogens is 222 g/mol. The van der Waals surface area contributed by atoms with Gasteiger partial charge in [-0.05, 0) is 30.1 Å². The van der Waals surface area contributed by atoms with E-state index >= 15 is 0 Å². The smallest absolute Gasteiger partial charge is 0.228 e. The van der Waals surface area contributed by atoms with Crippen molar-refractivity contribution in [3.8, 4) is 0 Å². The molecule has 2 heteroatoms. The molecule has 2 aliphatic rings. The second kappa shape index (κ2) is 4.54. The van der Waals surface area contributed by atoms with Crippen LogP contribution in [0.5, 0.6) is 0 Å². The van der Waals surface area contributed by atoms with Crippen LogP contribution in [0.25, 0.3) is 0 Å². The van der Waals surface area contributed by atoms with E-state index in [1.807, 2.05) is 0 Å². The largest absolute Gasteiger partial charge is 0.342 e. The fraction of sp³-hybridized carbons (Fsp3) is 0.938. The standard InChI is InChI=1S/C16H29NO/c1-6-12-10-17(11-13(12)15(2,3)4)14(18)16(5)8-7-9-16/h12-13H,6-11H2,1-5H3. The van der Waals surface area contributed by atoms with Crippen molar-refractivity contribution >= 4 is 5.91 Å². The predicted molar refractivity (Wildman–Crippen MR) is 75.3 cm³/mol. The molecule has 1 saturated carbocycles. The first-order valence-corrected chi connectivity index (χ1v) is 7.57. The van der Waals surface area contributed by atoms with E-state index in [1.54, 1.807) is 0 Å². The van der Waals surface area contributed by atoms with Crippen LogP contribution >= 0.6 is 0 Å². The lowest BCUT2D eigenvalue weighted by Crippen LogP contribution is -2.45. The SMILES string of the molecule is CCC1CN(C(=O)C2(C)CCC2)CC1C(C)(C)C. The van der Waals surface area contributed by atoms with Crippen molar-refractivity contribution < 1.29 is 4.79 Å². The van der Waals surface area contributed by atoms with Crippen LogP contribution in [0, 0.1) is 22.7 Å². The lowest BCUT2D eigenvalue weighted by atomic mass is 9.69. The lowest BCUT2D eigenvalue weighted by Gasteiger charge is -2.40. The van der Waals surface area contributed by atoms with Crippen LogP contribution in [0.4, 0.5) is 0 Å². The molecule has 1 heterocycles. The summed E-state index contributed by atoms with van der Waals surface area (Å²) in [7, 11) is 0. The molecule has 0 radical (unpaired) electrons. The highest BCUT2D eigenvalue weighted by Crippen LogP contribution is 2.45. The van der Waals surface area contributed by atoms with Gasteiger partial charge in [0, 0.05) is 18.5 Å². The quantitative estimate of drug-likeness (QED) is 0.732. The van der Waals surface area contributed by atoms with E-state index in [4.69, 9.17) is 0 Å². The van der Waals surface area contributed by atoms with Gasteiger partial charge in [-0.25, -0.2) is 0 Å². The summed E-state index contributed by atoms with van der Waals surface area (Å²) >= 11 is 0. The zero-order valence-electron chi connectivity index (χ0n) is 12.8. The molecule has 2 unspecified atom stereocenters. The normalized spacial score (nSPS) is 31.3. The van der Waals surface area contributed by atoms with Crippen LogP contribution in [0.2, 0.25) is 0 Å². The van der Waals surface area contributed by atoms with Crippen molar-refractivity contribution in [3.63, 3.8) is 0 Å². The predicted octanol–water partition coefficient (Wildman–Crippen LogP) is 3.71. The van der Waals surface area contributed by atoms with E-state index in [9.17, 15) is 4.79 Å². The van der Waals surface area contributed by atoms with Crippen molar-refractivity contribution in [2.75, 3.05) is 13.1 Å². The zero-order chi connectivity index (χ0) is 13.6. The molecule has 1 amide bonds. The molecule has 0 aromatic rings. The number of likely N-dealkylation sites (tertiary alicyclic amines) is 1. The van der Waals surface area contributed by atoms with Crippen LogP contribution in [-0.4, -0.2) is 23.9 Å². The van der Waals surface area contributed by atoms with Gasteiger partial charge >= 0.3 is 0 Å². The van der Waals surface area contributed by atoms with Crippen LogP contribution in [0.3, 0.4) is 0 Å². The van der Waals surface area contributed by atoms with Crippen molar-refractivity contribution in [2.45, 2.75) is 60.3 Å². The first-order chi connectivity index (χ1) is 8.28. The third-order valence-electron chi connectivity index (χ3n) is 5.34. The fourth-order valence-corrected chi connectivity index (χ4v) is 3.73. The van der Waals surface area contributed by atoms with Gasteiger partial charge in [0.25, 0.3) is 0 Å². The van der Waals surface area contributed by atoms with E-state index < -0.39 is 0 Å². The molecule has 1 aliphatic heterocycles. The Labute approximate surface area is 112 Å². The molecule has 2 rings (SSSR count). The highest BCUT2D eigenvalue weighted by Gasteiger charge is 2.47. The van der Waals surface area contributed by atoms with Gasteiger partial charge in [0.15, 0.2) is 0 Å². The second-order valence-corrected chi connectivity index (χ2v) is 7.77. The van der Waals surface area contributed by atoms with E-state index in [2.05, 4.69) is 39.5 Å². The van der Waals surface area contributed by atoms with Gasteiger partial charge in [-0.1, -0.05) is 47.5 Å². The van der Waals surface area contributed by atoms with Crippen LogP contribution in [0.15, 0.2) is 0 Å². The Morgan fingerprint density at radius 1 is 1.28 bits per heavy atom. The molecule has 0 aromatic heterocycles. The molecule has 0 aromatic carbocycles. The fourth-order valence-electron chi connectivity index (χ4n) is 3.73. The maximum absolute atomic E-state index is 12.6. The van der Waals surface area contributed by atoms with Gasteiger partial charge in [-0.15, -0.1) is 0 Å². The Bertz CT molecular complexity index is 324. The molecule has 0 bridgehead atoms. The molecule has 18 heavy (non-hydrogen) atoms. The molecule has 1 saturated heterocycles. The number of amides is 1. The first-order valence-electron chi connectivity index (χ1n) is 7.57. The minimum atomic E-state index is -0.0228. The van der Waals surface area contributed by atoms with Crippen molar-refractivity contribution in [1.82, 2.24) is 4.90 Å². The molecule has 104 valence electrons. The van der Waals surface area contributed by atoms with Crippen LogP contribution < -0.4 is 0 Å². The van der Waals surface area contributed by atoms with Crippen LogP contribution in [0.1, 0.15) is 60.3 Å². The highest BCUT2D eigenvalue weighted by atomic mass is 16.2. The molecule has 2 fully saturated rings. The molecular formula is C16H29NO. The van der Waals surface area contributed by atoms with Gasteiger partial charge in [-0.2, -0.15) is 0 Å². The van der Waals surface area contributed by atoms with Crippen molar-refractivity contribution in [1.29, 1.82) is 0 Å². The Morgan fingerprint density at radius 3 is 2.22 bits per heavy atom. The minimum Gasteiger partial charge on any atom is -0.342 e. The summed E-state index contributed by atoms with van der Waals surface area (Å²) < 4.78 is 0. The highest BCUT2D eigenvalue weighted by molar-refractivity contribution is 5.83. The van der Waals surface area contributed by atoms with Crippen molar-refractivity contribution in [3.05, 3.63) is 0 Å². The number of hydrogen-bond donors (Lipinski definition) is 0. The summed E-state index contributed by atoms with van der Waals surface area (Å²) in [6.45, 7) is 13.4. The third kappa shape index (κ3) is 2.31. The van der Waals surface area contributed by atoms with Gasteiger partial charge in [-0.3, -0.25) is 4.79 Å². The maximum atomic E-state index is 12.6. The Kier molecular flexibility index (Phi) is 3.50. The molecule has 2 nitrogen and oxygen atoms in total. The summed E-state index contributed by atoms with van der Waals surface area (Å²) in [5, 5.41) is 0.